The van der Waals surface area contributed by atoms with Crippen LogP contribution in [0.25, 0.3) is 10.9 Å². The summed E-state index contributed by atoms with van der Waals surface area (Å²) in [4.78, 5) is 66.1. The minimum atomic E-state index is -1.30. The van der Waals surface area contributed by atoms with Gasteiger partial charge in [0.25, 0.3) is 0 Å². The van der Waals surface area contributed by atoms with Crippen LogP contribution >= 0.6 is 0 Å². The van der Waals surface area contributed by atoms with Crippen molar-refractivity contribution in [2.45, 2.75) is 69.1 Å². The lowest BCUT2D eigenvalue weighted by Gasteiger charge is -2.25. The fourth-order valence-corrected chi connectivity index (χ4v) is 4.78. The maximum absolute atomic E-state index is 13.7. The van der Waals surface area contributed by atoms with Gasteiger partial charge in [-0.05, 0) is 43.9 Å². The van der Waals surface area contributed by atoms with E-state index in [1.54, 1.807) is 6.20 Å². The van der Waals surface area contributed by atoms with Gasteiger partial charge >= 0.3 is 5.97 Å². The maximum Gasteiger partial charge on any atom is 0.326 e. The zero-order chi connectivity index (χ0) is 32.8. The summed E-state index contributed by atoms with van der Waals surface area (Å²) in [5.74, 6) is -3.27. The van der Waals surface area contributed by atoms with Gasteiger partial charge in [0.1, 0.15) is 18.1 Å². The number of rotatable bonds is 19. The van der Waals surface area contributed by atoms with E-state index in [4.69, 9.17) is 22.9 Å². The molecule has 3 amide bonds. The zero-order valence-electron chi connectivity index (χ0n) is 25.0. The molecular weight excluding hydrogens is 582 g/mol. The third kappa shape index (κ3) is 10.9. The summed E-state index contributed by atoms with van der Waals surface area (Å²) in [5.41, 5.74) is 24.5. The number of nitrogens with one attached hydrogen (secondary N) is 5. The molecule has 4 unspecified atom stereocenters. The van der Waals surface area contributed by atoms with Crippen LogP contribution in [-0.4, -0.2) is 87.0 Å². The molecule has 1 aromatic carbocycles. The van der Waals surface area contributed by atoms with Crippen LogP contribution in [0.15, 0.2) is 48.0 Å². The molecule has 0 fully saturated rings. The summed E-state index contributed by atoms with van der Waals surface area (Å²) in [6.45, 7) is 0.673. The normalized spacial score (nSPS) is 13.7. The van der Waals surface area contributed by atoms with E-state index in [0.29, 0.717) is 37.9 Å². The van der Waals surface area contributed by atoms with E-state index in [1.165, 1.54) is 12.5 Å². The molecule has 3 rings (SSSR count). The molecule has 0 aliphatic rings. The fourth-order valence-electron chi connectivity index (χ4n) is 4.78. The maximum atomic E-state index is 13.7. The quantitative estimate of drug-likeness (QED) is 0.0428. The summed E-state index contributed by atoms with van der Waals surface area (Å²) in [6.07, 6.45) is 6.77. The minimum absolute atomic E-state index is 0.0330. The van der Waals surface area contributed by atoms with Crippen molar-refractivity contribution in [3.05, 3.63) is 54.2 Å². The summed E-state index contributed by atoms with van der Waals surface area (Å²) in [5, 5.41) is 18.6. The highest BCUT2D eigenvalue weighted by Gasteiger charge is 2.31. The molecule has 16 heteroatoms. The van der Waals surface area contributed by atoms with Gasteiger partial charge < -0.3 is 54.0 Å². The minimum Gasteiger partial charge on any atom is -0.480 e. The number of benzene rings is 1. The van der Waals surface area contributed by atoms with E-state index in [-0.39, 0.29) is 31.8 Å². The van der Waals surface area contributed by atoms with Crippen LogP contribution in [0.2, 0.25) is 0 Å². The van der Waals surface area contributed by atoms with Crippen molar-refractivity contribution in [3.8, 4) is 0 Å². The number of unbranched alkanes of at least 4 members (excludes halogenated alkanes) is 1. The predicted molar refractivity (Wildman–Crippen MR) is 169 cm³/mol. The first kappa shape index (κ1) is 34.5. The van der Waals surface area contributed by atoms with E-state index < -0.39 is 47.9 Å². The third-order valence-electron chi connectivity index (χ3n) is 7.21. The van der Waals surface area contributed by atoms with Crippen LogP contribution in [0, 0.1) is 0 Å². The van der Waals surface area contributed by atoms with E-state index in [1.807, 2.05) is 24.3 Å². The summed E-state index contributed by atoms with van der Waals surface area (Å²) >= 11 is 0. The lowest BCUT2D eigenvalue weighted by atomic mass is 10.0. The lowest BCUT2D eigenvalue weighted by Crippen LogP contribution is -2.57. The topological polar surface area (TPSA) is 286 Å². The Morgan fingerprint density at radius 3 is 2.29 bits per heavy atom. The highest BCUT2D eigenvalue weighted by atomic mass is 16.4. The first-order valence-electron chi connectivity index (χ1n) is 14.8. The van der Waals surface area contributed by atoms with Gasteiger partial charge in [-0.2, -0.15) is 0 Å². The molecule has 0 saturated carbocycles. The molecule has 16 nitrogen and oxygen atoms in total. The largest absolute Gasteiger partial charge is 0.480 e. The number of H-pyrrole nitrogens is 2. The summed E-state index contributed by atoms with van der Waals surface area (Å²) in [6, 6.07) is 3.00. The second-order valence-electron chi connectivity index (χ2n) is 10.7. The average Bonchev–Trinajstić information content (AvgIpc) is 3.67. The van der Waals surface area contributed by atoms with Crippen LogP contribution in [-0.2, 0) is 32.0 Å². The van der Waals surface area contributed by atoms with E-state index in [9.17, 15) is 24.3 Å². The molecule has 0 saturated heterocycles. The van der Waals surface area contributed by atoms with Gasteiger partial charge in [-0.25, -0.2) is 9.78 Å². The number of carboxylic acids is 1. The number of carboxylic acid groups (broad SMARTS) is 1. The number of imidazole rings is 1. The monoisotopic (exact) mass is 625 g/mol. The van der Waals surface area contributed by atoms with E-state index in [2.05, 4.69) is 35.9 Å². The van der Waals surface area contributed by atoms with Gasteiger partial charge in [-0.3, -0.25) is 19.4 Å². The number of carbonyl (C=O) groups excluding carboxylic acids is 3. The molecule has 4 atom stereocenters. The number of amides is 3. The summed E-state index contributed by atoms with van der Waals surface area (Å²) in [7, 11) is 0. The number of para-hydroxylation sites is 1. The number of guanidine groups is 1. The molecule has 0 aliphatic carbocycles. The van der Waals surface area contributed by atoms with Crippen LogP contribution < -0.4 is 38.9 Å². The Hall–Kier alpha value is -4.96. The zero-order valence-corrected chi connectivity index (χ0v) is 25.0. The number of aromatic nitrogens is 3. The predicted octanol–water partition coefficient (Wildman–Crippen LogP) is -1.27. The Bertz CT molecular complexity index is 1440. The number of fused-ring (bicyclic) bond motifs is 1. The molecule has 45 heavy (non-hydrogen) atoms. The number of aromatic amines is 2. The standard InChI is InChI=1S/C29H43N11O5/c30-10-4-3-7-20(31)25(41)38-22(9-5-11-35-29(32)33)26(42)39-23(12-17-14-36-21-8-2-1-6-19(17)21)27(43)40-24(28(44)45)13-18-15-34-16-37-18/h1-2,6,8,14-16,20,22-24,36H,3-5,7,9-13,30-31H2,(H,34,37)(H,38,41)(H,39,42)(H,40,43)(H,44,45)(H4,32,33,35). The van der Waals surface area contributed by atoms with E-state index in [0.717, 1.165) is 16.5 Å². The van der Waals surface area contributed by atoms with E-state index >= 15 is 0 Å². The number of carbonyl (C=O) groups is 4. The Morgan fingerprint density at radius 2 is 1.60 bits per heavy atom. The van der Waals surface area contributed by atoms with Crippen LogP contribution in [0.3, 0.4) is 0 Å². The molecule has 14 N–H and O–H groups in total. The lowest BCUT2D eigenvalue weighted by molar-refractivity contribution is -0.142. The van der Waals surface area contributed by atoms with Crippen molar-refractivity contribution in [1.82, 2.24) is 30.9 Å². The SMILES string of the molecule is NCCCCC(N)C(=O)NC(CCCN=C(N)N)C(=O)NC(Cc1c[nH]c2ccccc12)C(=O)NC(Cc1cnc[nH]1)C(=O)O. The van der Waals surface area contributed by atoms with Crippen molar-refractivity contribution in [2.75, 3.05) is 13.1 Å². The van der Waals surface area contributed by atoms with Gasteiger partial charge in [-0.1, -0.05) is 24.6 Å². The third-order valence-corrected chi connectivity index (χ3v) is 7.21. The highest BCUT2D eigenvalue weighted by molar-refractivity contribution is 5.95. The van der Waals surface area contributed by atoms with Gasteiger partial charge in [0, 0.05) is 48.4 Å². The second kappa shape index (κ2) is 17.4. The number of aliphatic carboxylic acids is 1. The Kier molecular flexibility index (Phi) is 13.3. The Balaban J connectivity index is 1.83. The van der Waals surface area contributed by atoms with Crippen LogP contribution in [0.1, 0.15) is 43.4 Å². The number of aliphatic imine (C=N–C) groups is 1. The Labute approximate surface area is 260 Å². The number of nitrogens with zero attached hydrogens (tertiary/aromatic N) is 2. The first-order valence-corrected chi connectivity index (χ1v) is 14.8. The van der Waals surface area contributed by atoms with Crippen molar-refractivity contribution in [1.29, 1.82) is 0 Å². The fraction of sp³-hybridized carbons (Fsp3) is 0.448. The van der Waals surface area contributed by atoms with Gasteiger partial charge in [0.15, 0.2) is 5.96 Å². The van der Waals surface area contributed by atoms with Gasteiger partial charge in [0.05, 0.1) is 12.4 Å². The van der Waals surface area contributed by atoms with Crippen LogP contribution in [0.5, 0.6) is 0 Å². The molecule has 2 heterocycles. The molecule has 2 aromatic heterocycles. The van der Waals surface area contributed by atoms with Gasteiger partial charge in [-0.15, -0.1) is 0 Å². The Morgan fingerprint density at radius 1 is 0.889 bits per heavy atom. The van der Waals surface area contributed by atoms with Gasteiger partial charge in [0.2, 0.25) is 17.7 Å². The first-order chi connectivity index (χ1) is 21.6. The molecule has 3 aromatic rings. The van der Waals surface area contributed by atoms with Crippen molar-refractivity contribution < 1.29 is 24.3 Å². The second-order valence-corrected chi connectivity index (χ2v) is 10.7. The van der Waals surface area contributed by atoms with Crippen molar-refractivity contribution in [2.24, 2.45) is 27.9 Å². The highest BCUT2D eigenvalue weighted by Crippen LogP contribution is 2.19. The molecule has 0 bridgehead atoms. The average molecular weight is 626 g/mol. The van der Waals surface area contributed by atoms with Crippen molar-refractivity contribution >= 4 is 40.6 Å². The van der Waals surface area contributed by atoms with Crippen molar-refractivity contribution in [3.63, 3.8) is 0 Å². The number of hydrogen-bond donors (Lipinski definition) is 10. The van der Waals surface area contributed by atoms with Crippen LogP contribution in [0.4, 0.5) is 0 Å². The molecular formula is C29H43N11O5. The summed E-state index contributed by atoms with van der Waals surface area (Å²) < 4.78 is 0. The molecule has 0 aliphatic heterocycles. The number of nitrogens with two attached hydrogens (primary N) is 4. The molecule has 0 radical (unpaired) electrons. The molecule has 0 spiro atoms. The number of hydrogen-bond acceptors (Lipinski definition) is 8. The molecule has 244 valence electrons. The smallest absolute Gasteiger partial charge is 0.326 e.